The van der Waals surface area contributed by atoms with E-state index in [2.05, 4.69) is 41.7 Å². The zero-order chi connectivity index (χ0) is 14.5. The summed E-state index contributed by atoms with van der Waals surface area (Å²) in [5.74, 6) is 0. The minimum atomic E-state index is -0.409. The Bertz CT molecular complexity index is 441. The van der Waals surface area contributed by atoms with Crippen LogP contribution in [0.2, 0.25) is 0 Å². The van der Waals surface area contributed by atoms with E-state index in [1.165, 1.54) is 5.69 Å². The van der Waals surface area contributed by atoms with Crippen LogP contribution in [-0.2, 0) is 6.54 Å². The third-order valence-electron chi connectivity index (χ3n) is 3.52. The van der Waals surface area contributed by atoms with Crippen molar-refractivity contribution in [3.63, 3.8) is 0 Å². The third-order valence-corrected chi connectivity index (χ3v) is 3.52. The molecule has 0 saturated carbocycles. The Labute approximate surface area is 116 Å². The van der Waals surface area contributed by atoms with Gasteiger partial charge in [-0.2, -0.15) is 5.26 Å². The van der Waals surface area contributed by atoms with Crippen molar-refractivity contribution in [2.45, 2.75) is 72.0 Å². The van der Waals surface area contributed by atoms with Gasteiger partial charge in [0.15, 0.2) is 0 Å². The molecule has 19 heavy (non-hydrogen) atoms. The molecule has 1 aromatic rings. The highest BCUT2D eigenvalue weighted by molar-refractivity contribution is 5.08. The molecule has 1 N–H and O–H groups in total. The maximum absolute atomic E-state index is 9.27. The lowest BCUT2D eigenvalue weighted by Crippen LogP contribution is -2.44. The molecule has 0 bridgehead atoms. The van der Waals surface area contributed by atoms with E-state index < -0.39 is 5.54 Å². The second kappa shape index (κ2) is 6.72. The van der Waals surface area contributed by atoms with E-state index in [1.807, 2.05) is 20.2 Å². The van der Waals surface area contributed by atoms with E-state index in [1.54, 1.807) is 0 Å². The number of hydrogen-bond acceptors (Lipinski definition) is 3. The van der Waals surface area contributed by atoms with E-state index in [9.17, 15) is 5.26 Å². The van der Waals surface area contributed by atoms with Gasteiger partial charge in [-0.3, -0.25) is 5.32 Å². The summed E-state index contributed by atoms with van der Waals surface area (Å²) in [7, 11) is 0. The van der Waals surface area contributed by atoms with Gasteiger partial charge in [-0.25, -0.2) is 4.98 Å². The predicted molar refractivity (Wildman–Crippen MR) is 77.8 cm³/mol. The van der Waals surface area contributed by atoms with Gasteiger partial charge in [-0.1, -0.05) is 0 Å². The van der Waals surface area contributed by atoms with Crippen molar-refractivity contribution in [1.82, 2.24) is 14.9 Å². The van der Waals surface area contributed by atoms with E-state index in [4.69, 9.17) is 0 Å². The quantitative estimate of drug-likeness (QED) is 0.769. The van der Waals surface area contributed by atoms with Gasteiger partial charge in [-0.05, 0) is 53.9 Å². The highest BCUT2D eigenvalue weighted by Crippen LogP contribution is 2.15. The smallest absolute Gasteiger partial charge is 0.104 e. The zero-order valence-electron chi connectivity index (χ0n) is 12.8. The summed E-state index contributed by atoms with van der Waals surface area (Å²) >= 11 is 0. The highest BCUT2D eigenvalue weighted by atomic mass is 15.0. The van der Waals surface area contributed by atoms with Crippen molar-refractivity contribution >= 4 is 0 Å². The van der Waals surface area contributed by atoms with Gasteiger partial charge in [0, 0.05) is 18.3 Å². The summed E-state index contributed by atoms with van der Waals surface area (Å²) in [5, 5.41) is 12.6. The first-order valence-corrected chi connectivity index (χ1v) is 7.05. The summed E-state index contributed by atoms with van der Waals surface area (Å²) in [6, 6.07) is 2.73. The molecule has 1 aromatic heterocycles. The van der Waals surface area contributed by atoms with Crippen molar-refractivity contribution in [3.05, 3.63) is 17.7 Å². The fourth-order valence-corrected chi connectivity index (χ4v) is 2.33. The van der Waals surface area contributed by atoms with Gasteiger partial charge < -0.3 is 4.57 Å². The molecule has 0 amide bonds. The van der Waals surface area contributed by atoms with Crippen molar-refractivity contribution in [3.8, 4) is 6.07 Å². The number of nitrogens with zero attached hydrogens (tertiary/aromatic N) is 3. The topological polar surface area (TPSA) is 53.6 Å². The monoisotopic (exact) mass is 262 g/mol. The maximum Gasteiger partial charge on any atom is 0.104 e. The molecule has 4 heteroatoms. The van der Waals surface area contributed by atoms with Gasteiger partial charge in [0.25, 0.3) is 0 Å². The van der Waals surface area contributed by atoms with Gasteiger partial charge in [-0.15, -0.1) is 0 Å². The molecule has 0 aliphatic rings. The first kappa shape index (κ1) is 15.7. The standard InChI is InChI=1S/C15H26N4/c1-12(2)18-15(5,10-16)8-6-7-9-19-11-17-13(3)14(19)4/h11-12,18H,6-9H2,1-5H3. The second-order valence-electron chi connectivity index (χ2n) is 5.81. The van der Waals surface area contributed by atoms with E-state index in [0.717, 1.165) is 31.5 Å². The Morgan fingerprint density at radius 1 is 1.42 bits per heavy atom. The minimum Gasteiger partial charge on any atom is -0.335 e. The molecule has 106 valence electrons. The Kier molecular flexibility index (Phi) is 5.56. The average Bonchev–Trinajstić information content (AvgIpc) is 2.65. The van der Waals surface area contributed by atoms with E-state index >= 15 is 0 Å². The van der Waals surface area contributed by atoms with Crippen LogP contribution in [0.25, 0.3) is 0 Å². The predicted octanol–water partition coefficient (Wildman–Crippen LogP) is 2.95. The third kappa shape index (κ3) is 4.68. The molecule has 1 unspecified atom stereocenters. The first-order valence-electron chi connectivity index (χ1n) is 7.05. The number of rotatable bonds is 7. The number of hydrogen-bond donors (Lipinski definition) is 1. The zero-order valence-corrected chi connectivity index (χ0v) is 12.8. The van der Waals surface area contributed by atoms with Crippen LogP contribution in [0.4, 0.5) is 0 Å². The van der Waals surface area contributed by atoms with Crippen LogP contribution < -0.4 is 5.32 Å². The van der Waals surface area contributed by atoms with Crippen LogP contribution in [0.15, 0.2) is 6.33 Å². The fraction of sp³-hybridized carbons (Fsp3) is 0.733. The number of unbranched alkanes of at least 4 members (excludes halogenated alkanes) is 1. The summed E-state index contributed by atoms with van der Waals surface area (Å²) in [6.45, 7) is 11.3. The maximum atomic E-state index is 9.27. The van der Waals surface area contributed by atoms with Crippen LogP contribution >= 0.6 is 0 Å². The minimum absolute atomic E-state index is 0.336. The van der Waals surface area contributed by atoms with E-state index in [0.29, 0.717) is 6.04 Å². The summed E-state index contributed by atoms with van der Waals surface area (Å²) in [6.07, 6.45) is 4.91. The van der Waals surface area contributed by atoms with Crippen LogP contribution in [0, 0.1) is 25.2 Å². The summed E-state index contributed by atoms with van der Waals surface area (Å²) in [5.41, 5.74) is 1.93. The average molecular weight is 262 g/mol. The van der Waals surface area contributed by atoms with Gasteiger partial charge in [0.2, 0.25) is 0 Å². The summed E-state index contributed by atoms with van der Waals surface area (Å²) in [4.78, 5) is 4.30. The lowest BCUT2D eigenvalue weighted by atomic mass is 9.95. The number of nitriles is 1. The number of aryl methyl sites for hydroxylation is 2. The molecule has 0 radical (unpaired) electrons. The number of nitrogens with one attached hydrogen (secondary N) is 1. The highest BCUT2D eigenvalue weighted by Gasteiger charge is 2.23. The van der Waals surface area contributed by atoms with Crippen molar-refractivity contribution in [2.75, 3.05) is 0 Å². The lowest BCUT2D eigenvalue weighted by molar-refractivity contribution is 0.365. The Morgan fingerprint density at radius 3 is 2.58 bits per heavy atom. The lowest BCUT2D eigenvalue weighted by Gasteiger charge is -2.25. The van der Waals surface area contributed by atoms with Crippen LogP contribution in [0.5, 0.6) is 0 Å². The molecule has 0 spiro atoms. The molecular weight excluding hydrogens is 236 g/mol. The second-order valence-corrected chi connectivity index (χ2v) is 5.81. The van der Waals surface area contributed by atoms with Crippen LogP contribution in [0.1, 0.15) is 51.4 Å². The normalized spacial score (nSPS) is 14.4. The van der Waals surface area contributed by atoms with Gasteiger partial charge >= 0.3 is 0 Å². The van der Waals surface area contributed by atoms with E-state index in [-0.39, 0.29) is 0 Å². The van der Waals surface area contributed by atoms with Crippen LogP contribution in [0.3, 0.4) is 0 Å². The molecule has 0 aromatic carbocycles. The molecule has 0 fully saturated rings. The Morgan fingerprint density at radius 2 is 2.11 bits per heavy atom. The Balaban J connectivity index is 2.38. The molecule has 0 aliphatic heterocycles. The molecule has 0 saturated heterocycles. The first-order chi connectivity index (χ1) is 8.88. The molecule has 4 nitrogen and oxygen atoms in total. The van der Waals surface area contributed by atoms with Crippen molar-refractivity contribution in [1.29, 1.82) is 5.26 Å². The largest absolute Gasteiger partial charge is 0.335 e. The number of aromatic nitrogens is 2. The molecule has 1 heterocycles. The molecule has 1 atom stereocenters. The van der Waals surface area contributed by atoms with Gasteiger partial charge in [0.1, 0.15) is 5.54 Å². The SMILES string of the molecule is Cc1ncn(CCCCC(C)(C#N)NC(C)C)c1C. The summed E-state index contributed by atoms with van der Waals surface area (Å²) < 4.78 is 2.19. The van der Waals surface area contributed by atoms with Crippen molar-refractivity contribution < 1.29 is 0 Å². The van der Waals surface area contributed by atoms with Crippen LogP contribution in [-0.4, -0.2) is 21.1 Å². The fourth-order valence-electron chi connectivity index (χ4n) is 2.33. The Hall–Kier alpha value is -1.34. The number of imidazole rings is 1. The molecule has 0 aliphatic carbocycles. The molecule has 1 rings (SSSR count). The van der Waals surface area contributed by atoms with Gasteiger partial charge in [0.05, 0.1) is 18.1 Å². The van der Waals surface area contributed by atoms with Crippen molar-refractivity contribution in [2.24, 2.45) is 0 Å². The molecular formula is C15H26N4.